The number of anilines is 1. The maximum absolute atomic E-state index is 13.4. The zero-order valence-electron chi connectivity index (χ0n) is 23.7. The number of aromatic nitrogens is 3. The molecule has 0 radical (unpaired) electrons. The largest absolute Gasteiger partial charge is 0.497 e. The second-order valence-corrected chi connectivity index (χ2v) is 11.0. The maximum atomic E-state index is 13.4. The number of rotatable bonds is 8. The number of carbonyl (C=O) groups excluding carboxylic acids is 1. The number of thioether (sulfide) groups is 1. The van der Waals surface area contributed by atoms with Crippen molar-refractivity contribution in [3.05, 3.63) is 113 Å². The Kier molecular flexibility index (Phi) is 8.27. The molecule has 0 saturated carbocycles. The van der Waals surface area contributed by atoms with Crippen LogP contribution >= 0.6 is 11.8 Å². The van der Waals surface area contributed by atoms with Crippen LogP contribution in [0.3, 0.4) is 0 Å². The minimum atomic E-state index is -0.663. The number of nitrogens with one attached hydrogen (secondary N) is 1. The molecule has 2 heterocycles. The monoisotopic (exact) mass is 575 g/mol. The first-order chi connectivity index (χ1) is 20.3. The molecule has 5 rings (SSSR count). The molecular formula is C33H29N5O3S. The van der Waals surface area contributed by atoms with Crippen molar-refractivity contribution in [3.63, 3.8) is 0 Å². The van der Waals surface area contributed by atoms with Crippen LogP contribution in [0.1, 0.15) is 18.2 Å². The van der Waals surface area contributed by atoms with Gasteiger partial charge in [-0.25, -0.2) is 9.67 Å². The number of amides is 1. The van der Waals surface area contributed by atoms with Gasteiger partial charge in [-0.1, -0.05) is 72.4 Å². The van der Waals surface area contributed by atoms with E-state index >= 15 is 0 Å². The standard InChI is InChI=1S/C33H29N5O3S/c1-21-30(33(40)38(37(21)3)25-13-9-6-10-14-25)36-31(39)22(2)42-32-28(20-34)27(23-15-17-26(41-4)18-16-23)19-29(35-32)24-11-7-5-8-12-24/h5-19,22H,1-4H3,(H,36,39). The molecule has 0 spiro atoms. The fraction of sp³-hybridized carbons (Fsp3) is 0.152. The number of carbonyl (C=O) groups is 1. The van der Waals surface area contributed by atoms with Crippen LogP contribution in [-0.4, -0.2) is 32.6 Å². The smallest absolute Gasteiger partial charge is 0.295 e. The van der Waals surface area contributed by atoms with Crippen molar-refractivity contribution in [2.75, 3.05) is 12.4 Å². The van der Waals surface area contributed by atoms with E-state index in [1.165, 1.54) is 16.4 Å². The number of benzene rings is 3. The molecular weight excluding hydrogens is 546 g/mol. The van der Waals surface area contributed by atoms with E-state index in [1.54, 1.807) is 32.7 Å². The summed E-state index contributed by atoms with van der Waals surface area (Å²) >= 11 is 1.18. The Bertz CT molecular complexity index is 1840. The lowest BCUT2D eigenvalue weighted by Crippen LogP contribution is -2.27. The molecule has 42 heavy (non-hydrogen) atoms. The Labute approximate surface area is 248 Å². The highest BCUT2D eigenvalue weighted by molar-refractivity contribution is 8.00. The van der Waals surface area contributed by atoms with Crippen molar-refractivity contribution < 1.29 is 9.53 Å². The Morgan fingerprint density at radius 3 is 2.26 bits per heavy atom. The van der Waals surface area contributed by atoms with Gasteiger partial charge >= 0.3 is 0 Å². The fourth-order valence-corrected chi connectivity index (χ4v) is 5.55. The molecule has 1 atom stereocenters. The van der Waals surface area contributed by atoms with Crippen LogP contribution in [0.25, 0.3) is 28.1 Å². The third-order valence-electron chi connectivity index (χ3n) is 7.03. The molecule has 5 aromatic rings. The van der Waals surface area contributed by atoms with Gasteiger partial charge < -0.3 is 10.1 Å². The Balaban J connectivity index is 1.50. The lowest BCUT2D eigenvalue weighted by molar-refractivity contribution is -0.115. The summed E-state index contributed by atoms with van der Waals surface area (Å²) in [5.41, 5.74) is 4.67. The van der Waals surface area contributed by atoms with Gasteiger partial charge in [-0.05, 0) is 49.7 Å². The first-order valence-electron chi connectivity index (χ1n) is 13.3. The van der Waals surface area contributed by atoms with Gasteiger partial charge in [-0.3, -0.25) is 14.3 Å². The van der Waals surface area contributed by atoms with Gasteiger partial charge in [-0.2, -0.15) is 5.26 Å². The van der Waals surface area contributed by atoms with E-state index in [0.29, 0.717) is 39.0 Å². The first-order valence-corrected chi connectivity index (χ1v) is 14.2. The van der Waals surface area contributed by atoms with Crippen LogP contribution in [0.5, 0.6) is 5.75 Å². The van der Waals surface area contributed by atoms with Crippen LogP contribution in [0.4, 0.5) is 5.69 Å². The van der Waals surface area contributed by atoms with Crippen molar-refractivity contribution in [3.8, 4) is 39.9 Å². The van der Waals surface area contributed by atoms with E-state index in [-0.39, 0.29) is 17.2 Å². The highest BCUT2D eigenvalue weighted by Crippen LogP contribution is 2.36. The third-order valence-corrected chi connectivity index (χ3v) is 8.11. The summed E-state index contributed by atoms with van der Waals surface area (Å²) in [6, 6.07) is 30.6. The van der Waals surface area contributed by atoms with Crippen LogP contribution in [-0.2, 0) is 11.8 Å². The van der Waals surface area contributed by atoms with Gasteiger partial charge in [-0.15, -0.1) is 0 Å². The summed E-state index contributed by atoms with van der Waals surface area (Å²) in [7, 11) is 3.38. The molecule has 8 nitrogen and oxygen atoms in total. The average Bonchev–Trinajstić information content (AvgIpc) is 3.24. The van der Waals surface area contributed by atoms with E-state index in [9.17, 15) is 14.9 Å². The Hall–Kier alpha value is -5.07. The van der Waals surface area contributed by atoms with Gasteiger partial charge in [0.2, 0.25) is 5.91 Å². The number of hydrogen-bond acceptors (Lipinski definition) is 6. The number of para-hydroxylation sites is 1. The fourth-order valence-electron chi connectivity index (χ4n) is 4.63. The normalized spacial score (nSPS) is 11.5. The Morgan fingerprint density at radius 2 is 1.64 bits per heavy atom. The Morgan fingerprint density at radius 1 is 1.00 bits per heavy atom. The molecule has 3 aromatic carbocycles. The molecule has 2 aromatic heterocycles. The predicted octanol–water partition coefficient (Wildman–Crippen LogP) is 6.21. The lowest BCUT2D eigenvalue weighted by atomic mass is 9.99. The molecule has 1 unspecified atom stereocenters. The molecule has 0 saturated heterocycles. The summed E-state index contributed by atoms with van der Waals surface area (Å²) in [6.45, 7) is 3.52. The molecule has 210 valence electrons. The number of nitriles is 1. The summed E-state index contributed by atoms with van der Waals surface area (Å²) < 4.78 is 8.54. The highest BCUT2D eigenvalue weighted by atomic mass is 32.2. The maximum Gasteiger partial charge on any atom is 0.295 e. The van der Waals surface area contributed by atoms with Crippen molar-refractivity contribution in [1.82, 2.24) is 14.3 Å². The zero-order valence-corrected chi connectivity index (χ0v) is 24.5. The first kappa shape index (κ1) is 28.5. The topological polar surface area (TPSA) is 102 Å². The van der Waals surface area contributed by atoms with Crippen LogP contribution in [0, 0.1) is 18.3 Å². The van der Waals surface area contributed by atoms with Crippen LogP contribution in [0.15, 0.2) is 101 Å². The molecule has 1 N–H and O–H groups in total. The number of nitrogens with zero attached hydrogens (tertiary/aromatic N) is 4. The second-order valence-electron chi connectivity index (χ2n) is 9.63. The van der Waals surface area contributed by atoms with Crippen molar-refractivity contribution in [2.45, 2.75) is 24.1 Å². The van der Waals surface area contributed by atoms with Gasteiger partial charge in [0.15, 0.2) is 0 Å². The molecule has 0 bridgehead atoms. The molecule has 0 aliphatic heterocycles. The molecule has 1 amide bonds. The van der Waals surface area contributed by atoms with Gasteiger partial charge in [0.05, 0.1) is 35.0 Å². The van der Waals surface area contributed by atoms with Gasteiger partial charge in [0, 0.05) is 18.2 Å². The molecule has 0 aliphatic rings. The molecule has 0 aliphatic carbocycles. The van der Waals surface area contributed by atoms with Crippen molar-refractivity contribution in [2.24, 2.45) is 7.05 Å². The van der Waals surface area contributed by atoms with Gasteiger partial charge in [0.1, 0.15) is 22.5 Å². The zero-order chi connectivity index (χ0) is 29.8. The van der Waals surface area contributed by atoms with E-state index in [1.807, 2.05) is 91.0 Å². The molecule has 9 heteroatoms. The number of pyridine rings is 1. The number of ether oxygens (including phenoxy) is 1. The van der Waals surface area contributed by atoms with E-state index in [2.05, 4.69) is 11.4 Å². The minimum Gasteiger partial charge on any atom is -0.497 e. The second kappa shape index (κ2) is 12.2. The van der Waals surface area contributed by atoms with Crippen molar-refractivity contribution in [1.29, 1.82) is 5.26 Å². The summed E-state index contributed by atoms with van der Waals surface area (Å²) in [4.78, 5) is 31.6. The summed E-state index contributed by atoms with van der Waals surface area (Å²) in [6.07, 6.45) is 0. The van der Waals surface area contributed by atoms with E-state index in [0.717, 1.165) is 11.1 Å². The summed E-state index contributed by atoms with van der Waals surface area (Å²) in [5, 5.41) is 12.8. The van der Waals surface area contributed by atoms with Crippen molar-refractivity contribution >= 4 is 23.4 Å². The van der Waals surface area contributed by atoms with E-state index in [4.69, 9.17) is 9.72 Å². The van der Waals surface area contributed by atoms with Crippen LogP contribution < -0.4 is 15.6 Å². The minimum absolute atomic E-state index is 0.212. The molecule has 0 fully saturated rings. The number of methoxy groups -OCH3 is 1. The average molecular weight is 576 g/mol. The SMILES string of the molecule is COc1ccc(-c2cc(-c3ccccc3)nc(SC(C)C(=O)Nc3c(C)n(C)n(-c4ccccc4)c3=O)c2C#N)cc1. The van der Waals surface area contributed by atoms with Gasteiger partial charge in [0.25, 0.3) is 5.56 Å². The predicted molar refractivity (Wildman–Crippen MR) is 166 cm³/mol. The lowest BCUT2D eigenvalue weighted by Gasteiger charge is -2.16. The highest BCUT2D eigenvalue weighted by Gasteiger charge is 2.24. The third kappa shape index (κ3) is 5.57. The van der Waals surface area contributed by atoms with E-state index < -0.39 is 5.25 Å². The van der Waals surface area contributed by atoms with Crippen LogP contribution in [0.2, 0.25) is 0 Å². The summed E-state index contributed by atoms with van der Waals surface area (Å²) in [5.74, 6) is 0.338. The number of hydrogen-bond donors (Lipinski definition) is 1. The quantitative estimate of drug-likeness (QED) is 0.221.